The number of furan rings is 1. The van der Waals surface area contributed by atoms with E-state index in [0.29, 0.717) is 12.2 Å². The van der Waals surface area contributed by atoms with Gasteiger partial charge >= 0.3 is 5.97 Å². The minimum Gasteiger partial charge on any atom is -0.480 e. The standard InChI is InChI=1S/C30H37N3O4/c1-3-26(30(35)36)32-27-9-5-4-7-23(27)8-6-17-33-18-14-24(15-19-33)31-29(34)28-25(16-20-37-28)22-12-10-21(2)11-13-22/h4-5,7,9-13,16,20,24,26,32H,3,6,8,14-15,17-19H2,1-2H3,(H,31,34)(H,35,36). The molecular formula is C30H37N3O4. The van der Waals surface area contributed by atoms with E-state index in [-0.39, 0.29) is 11.9 Å². The number of likely N-dealkylation sites (tertiary alicyclic amines) is 1. The summed E-state index contributed by atoms with van der Waals surface area (Å²) in [4.78, 5) is 26.8. The molecule has 3 N–H and O–H groups in total. The van der Waals surface area contributed by atoms with Crippen LogP contribution in [0.3, 0.4) is 0 Å². The van der Waals surface area contributed by atoms with Gasteiger partial charge in [-0.2, -0.15) is 0 Å². The summed E-state index contributed by atoms with van der Waals surface area (Å²) in [5.41, 5.74) is 5.02. The zero-order valence-electron chi connectivity index (χ0n) is 21.7. The van der Waals surface area contributed by atoms with Crippen molar-refractivity contribution in [2.24, 2.45) is 0 Å². The van der Waals surface area contributed by atoms with Gasteiger partial charge in [0, 0.05) is 30.4 Å². The normalized spacial score (nSPS) is 15.3. The van der Waals surface area contributed by atoms with E-state index in [1.807, 2.05) is 62.4 Å². The van der Waals surface area contributed by atoms with Gasteiger partial charge in [0.2, 0.25) is 0 Å². The van der Waals surface area contributed by atoms with E-state index in [0.717, 1.165) is 67.7 Å². The number of carbonyl (C=O) groups is 2. The number of piperidine rings is 1. The molecule has 1 atom stereocenters. The van der Waals surface area contributed by atoms with Crippen LogP contribution in [-0.4, -0.2) is 53.6 Å². The predicted molar refractivity (Wildman–Crippen MR) is 146 cm³/mol. The average molecular weight is 504 g/mol. The van der Waals surface area contributed by atoms with Crippen LogP contribution in [0.15, 0.2) is 65.3 Å². The molecule has 4 rings (SSSR count). The van der Waals surface area contributed by atoms with Gasteiger partial charge in [0.05, 0.1) is 6.26 Å². The maximum atomic E-state index is 13.0. The Morgan fingerprint density at radius 1 is 1.08 bits per heavy atom. The first-order valence-corrected chi connectivity index (χ1v) is 13.2. The number of carbonyl (C=O) groups excluding carboxylic acids is 1. The van der Waals surface area contributed by atoms with Crippen LogP contribution in [0.2, 0.25) is 0 Å². The highest BCUT2D eigenvalue weighted by Gasteiger charge is 2.24. The Labute approximate surface area is 218 Å². The molecule has 7 heteroatoms. The minimum absolute atomic E-state index is 0.131. The molecule has 3 aromatic rings. The predicted octanol–water partition coefficient (Wildman–Crippen LogP) is 5.36. The number of benzene rings is 2. The Morgan fingerprint density at radius 2 is 1.81 bits per heavy atom. The highest BCUT2D eigenvalue weighted by molar-refractivity contribution is 5.98. The van der Waals surface area contributed by atoms with Gasteiger partial charge < -0.3 is 25.1 Å². The monoisotopic (exact) mass is 503 g/mol. The first kappa shape index (κ1) is 26.5. The molecule has 2 aromatic carbocycles. The molecule has 1 aliphatic rings. The van der Waals surface area contributed by atoms with Crippen LogP contribution in [0.5, 0.6) is 0 Å². The summed E-state index contributed by atoms with van der Waals surface area (Å²) in [5, 5.41) is 15.7. The number of carboxylic acids is 1. The fraction of sp³-hybridized carbons (Fsp3) is 0.400. The quantitative estimate of drug-likeness (QED) is 0.326. The second-order valence-electron chi connectivity index (χ2n) is 9.82. The van der Waals surface area contributed by atoms with Crippen molar-refractivity contribution in [3.8, 4) is 11.1 Å². The van der Waals surface area contributed by atoms with Crippen molar-refractivity contribution in [3.63, 3.8) is 0 Å². The summed E-state index contributed by atoms with van der Waals surface area (Å²) < 4.78 is 5.56. The second kappa shape index (κ2) is 12.6. The number of aliphatic carboxylic acids is 1. The molecule has 37 heavy (non-hydrogen) atoms. The molecule has 1 amide bonds. The molecule has 1 saturated heterocycles. The maximum Gasteiger partial charge on any atom is 0.326 e. The van der Waals surface area contributed by atoms with E-state index in [4.69, 9.17) is 4.42 Å². The maximum absolute atomic E-state index is 13.0. The molecule has 196 valence electrons. The van der Waals surface area contributed by atoms with Crippen LogP contribution in [0.1, 0.15) is 54.3 Å². The van der Waals surface area contributed by atoms with Gasteiger partial charge in [0.1, 0.15) is 6.04 Å². The number of rotatable bonds is 11. The molecule has 0 aliphatic carbocycles. The van der Waals surface area contributed by atoms with Crippen LogP contribution in [-0.2, 0) is 11.2 Å². The third kappa shape index (κ3) is 7.01. The number of carboxylic acid groups (broad SMARTS) is 1. The number of hydrogen-bond acceptors (Lipinski definition) is 5. The Balaban J connectivity index is 1.23. The van der Waals surface area contributed by atoms with Crippen molar-refractivity contribution in [2.45, 2.75) is 58.0 Å². The van der Waals surface area contributed by atoms with Crippen molar-refractivity contribution in [1.82, 2.24) is 10.2 Å². The summed E-state index contributed by atoms with van der Waals surface area (Å²) in [5.74, 6) is -0.618. The van der Waals surface area contributed by atoms with E-state index in [1.54, 1.807) is 6.26 Å². The third-order valence-electron chi connectivity index (χ3n) is 7.13. The largest absolute Gasteiger partial charge is 0.480 e. The lowest BCUT2D eigenvalue weighted by atomic mass is 10.0. The fourth-order valence-electron chi connectivity index (χ4n) is 4.90. The van der Waals surface area contributed by atoms with Crippen molar-refractivity contribution >= 4 is 17.6 Å². The van der Waals surface area contributed by atoms with Gasteiger partial charge in [-0.05, 0) is 68.8 Å². The molecule has 1 unspecified atom stereocenters. The zero-order valence-corrected chi connectivity index (χ0v) is 21.7. The topological polar surface area (TPSA) is 94.8 Å². The summed E-state index contributed by atoms with van der Waals surface area (Å²) in [6.07, 6.45) is 5.79. The van der Waals surface area contributed by atoms with E-state index in [9.17, 15) is 14.7 Å². The number of hydrogen-bond donors (Lipinski definition) is 3. The number of nitrogens with one attached hydrogen (secondary N) is 2. The SMILES string of the molecule is CCC(Nc1ccccc1CCCN1CCC(NC(=O)c2occc2-c2ccc(C)cc2)CC1)C(=O)O. The van der Waals surface area contributed by atoms with Crippen molar-refractivity contribution in [1.29, 1.82) is 0 Å². The molecule has 7 nitrogen and oxygen atoms in total. The highest BCUT2D eigenvalue weighted by atomic mass is 16.4. The smallest absolute Gasteiger partial charge is 0.326 e. The van der Waals surface area contributed by atoms with Gasteiger partial charge in [-0.1, -0.05) is 55.0 Å². The molecule has 2 heterocycles. The summed E-state index contributed by atoms with van der Waals surface area (Å²) in [7, 11) is 0. The Bertz CT molecular complexity index is 1180. The minimum atomic E-state index is -0.828. The van der Waals surface area contributed by atoms with Crippen molar-refractivity contribution in [3.05, 3.63) is 77.7 Å². The first-order chi connectivity index (χ1) is 17.9. The molecule has 0 bridgehead atoms. The number of nitrogens with zero attached hydrogens (tertiary/aromatic N) is 1. The second-order valence-corrected chi connectivity index (χ2v) is 9.82. The number of para-hydroxylation sites is 1. The van der Waals surface area contributed by atoms with E-state index >= 15 is 0 Å². The molecule has 0 radical (unpaired) electrons. The van der Waals surface area contributed by atoms with E-state index in [2.05, 4.69) is 21.6 Å². The lowest BCUT2D eigenvalue weighted by Gasteiger charge is -2.32. The van der Waals surface area contributed by atoms with Gasteiger partial charge in [0.15, 0.2) is 5.76 Å². The summed E-state index contributed by atoms with van der Waals surface area (Å²) >= 11 is 0. The molecule has 0 saturated carbocycles. The molecular weight excluding hydrogens is 466 g/mol. The lowest BCUT2D eigenvalue weighted by molar-refractivity contribution is -0.137. The number of aryl methyl sites for hydroxylation is 2. The molecule has 1 fully saturated rings. The van der Waals surface area contributed by atoms with Crippen LogP contribution < -0.4 is 10.6 Å². The van der Waals surface area contributed by atoms with Gasteiger partial charge in [-0.3, -0.25) is 4.79 Å². The third-order valence-corrected chi connectivity index (χ3v) is 7.13. The van der Waals surface area contributed by atoms with Crippen molar-refractivity contribution < 1.29 is 19.1 Å². The summed E-state index contributed by atoms with van der Waals surface area (Å²) in [6, 6.07) is 17.5. The number of amides is 1. The zero-order chi connectivity index (χ0) is 26.2. The van der Waals surface area contributed by atoms with E-state index < -0.39 is 12.0 Å². The fourth-order valence-corrected chi connectivity index (χ4v) is 4.90. The van der Waals surface area contributed by atoms with E-state index in [1.165, 1.54) is 5.56 Å². The Kier molecular flexibility index (Phi) is 9.01. The Morgan fingerprint density at radius 3 is 2.51 bits per heavy atom. The highest BCUT2D eigenvalue weighted by Crippen LogP contribution is 2.26. The Hall–Kier alpha value is -3.58. The first-order valence-electron chi connectivity index (χ1n) is 13.2. The van der Waals surface area contributed by atoms with Gasteiger partial charge in [-0.25, -0.2) is 4.79 Å². The number of anilines is 1. The van der Waals surface area contributed by atoms with Crippen molar-refractivity contribution in [2.75, 3.05) is 25.0 Å². The molecule has 1 aromatic heterocycles. The van der Waals surface area contributed by atoms with Gasteiger partial charge in [0.25, 0.3) is 5.91 Å². The molecule has 0 spiro atoms. The summed E-state index contributed by atoms with van der Waals surface area (Å²) in [6.45, 7) is 6.76. The molecule has 1 aliphatic heterocycles. The average Bonchev–Trinajstić information content (AvgIpc) is 3.39. The van der Waals surface area contributed by atoms with Crippen LogP contribution >= 0.6 is 0 Å². The lowest BCUT2D eigenvalue weighted by Crippen LogP contribution is -2.44. The van der Waals surface area contributed by atoms with Crippen LogP contribution in [0, 0.1) is 6.92 Å². The van der Waals surface area contributed by atoms with Gasteiger partial charge in [-0.15, -0.1) is 0 Å². The van der Waals surface area contributed by atoms with Crippen LogP contribution in [0.25, 0.3) is 11.1 Å². The van der Waals surface area contributed by atoms with Crippen LogP contribution in [0.4, 0.5) is 5.69 Å².